The van der Waals surface area contributed by atoms with Crippen molar-refractivity contribution in [2.45, 2.75) is 12.8 Å². The van der Waals surface area contributed by atoms with Gasteiger partial charge in [-0.2, -0.15) is 0 Å². The van der Waals surface area contributed by atoms with Crippen LogP contribution in [0.25, 0.3) is 0 Å². The van der Waals surface area contributed by atoms with Crippen LogP contribution in [0.15, 0.2) is 0 Å². The molecule has 1 fully saturated rings. The molecular weight excluding hydrogens is 130 g/mol. The molecule has 0 radical (unpaired) electrons. The van der Waals surface area contributed by atoms with E-state index in [-0.39, 0.29) is 0 Å². The van der Waals surface area contributed by atoms with Crippen LogP contribution in [0.1, 0.15) is 12.8 Å². The van der Waals surface area contributed by atoms with Gasteiger partial charge < -0.3 is 9.57 Å². The fourth-order valence-corrected chi connectivity index (χ4v) is 1.11. The summed E-state index contributed by atoms with van der Waals surface area (Å²) in [5, 5.41) is 0. The highest BCUT2D eigenvalue weighted by atomic mass is 16.6. The fraction of sp³-hybridized carbons (Fsp3) is 1.00. The van der Waals surface area contributed by atoms with E-state index in [1.807, 2.05) is 0 Å². The number of hydroxylamine groups is 1. The van der Waals surface area contributed by atoms with Gasteiger partial charge in [0.25, 0.3) is 0 Å². The van der Waals surface area contributed by atoms with Gasteiger partial charge in [0.2, 0.25) is 0 Å². The van der Waals surface area contributed by atoms with Crippen LogP contribution in [0, 0.1) is 5.92 Å². The Hall–Kier alpha value is -0.120. The first-order valence-corrected chi connectivity index (χ1v) is 3.79. The van der Waals surface area contributed by atoms with E-state index in [1.54, 1.807) is 7.05 Å². The third-order valence-electron chi connectivity index (χ3n) is 1.80. The van der Waals surface area contributed by atoms with Crippen LogP contribution < -0.4 is 5.48 Å². The molecule has 0 bridgehead atoms. The van der Waals surface area contributed by atoms with Crippen molar-refractivity contribution in [1.29, 1.82) is 0 Å². The predicted molar refractivity (Wildman–Crippen MR) is 38.6 cm³/mol. The van der Waals surface area contributed by atoms with Gasteiger partial charge in [0.1, 0.15) is 0 Å². The molecule has 0 atom stereocenters. The van der Waals surface area contributed by atoms with Gasteiger partial charge in [-0.25, -0.2) is 5.48 Å². The Morgan fingerprint density at radius 2 is 2.20 bits per heavy atom. The van der Waals surface area contributed by atoms with E-state index >= 15 is 0 Å². The third kappa shape index (κ3) is 2.64. The minimum Gasteiger partial charge on any atom is -0.381 e. The first-order valence-electron chi connectivity index (χ1n) is 3.79. The zero-order chi connectivity index (χ0) is 7.23. The summed E-state index contributed by atoms with van der Waals surface area (Å²) in [5.41, 5.74) is 2.67. The van der Waals surface area contributed by atoms with Crippen molar-refractivity contribution in [2.24, 2.45) is 5.92 Å². The largest absolute Gasteiger partial charge is 0.381 e. The van der Waals surface area contributed by atoms with Gasteiger partial charge in [-0.1, -0.05) is 0 Å². The van der Waals surface area contributed by atoms with Crippen LogP contribution in [-0.2, 0) is 9.57 Å². The van der Waals surface area contributed by atoms with Gasteiger partial charge in [-0.05, 0) is 18.8 Å². The molecule has 1 heterocycles. The Morgan fingerprint density at radius 3 is 2.80 bits per heavy atom. The average molecular weight is 145 g/mol. The highest BCUT2D eigenvalue weighted by Crippen LogP contribution is 2.13. The van der Waals surface area contributed by atoms with Crippen molar-refractivity contribution in [3.63, 3.8) is 0 Å². The lowest BCUT2D eigenvalue weighted by Crippen LogP contribution is -2.22. The quantitative estimate of drug-likeness (QED) is 0.589. The number of ether oxygens (including phenoxy) is 1. The van der Waals surface area contributed by atoms with Crippen LogP contribution in [0.3, 0.4) is 0 Å². The van der Waals surface area contributed by atoms with E-state index in [9.17, 15) is 0 Å². The maximum Gasteiger partial charge on any atom is 0.0711 e. The molecule has 0 saturated carbocycles. The summed E-state index contributed by atoms with van der Waals surface area (Å²) in [6.07, 6.45) is 2.28. The Kier molecular flexibility index (Phi) is 3.72. The van der Waals surface area contributed by atoms with Crippen LogP contribution in [0.2, 0.25) is 0 Å². The first kappa shape index (κ1) is 7.98. The van der Waals surface area contributed by atoms with Crippen LogP contribution in [0.5, 0.6) is 0 Å². The minimum absolute atomic E-state index is 0.696. The molecule has 0 spiro atoms. The van der Waals surface area contributed by atoms with Gasteiger partial charge in [-0.15, -0.1) is 0 Å². The van der Waals surface area contributed by atoms with E-state index < -0.39 is 0 Å². The van der Waals surface area contributed by atoms with E-state index in [0.29, 0.717) is 5.92 Å². The van der Waals surface area contributed by atoms with E-state index in [2.05, 4.69) is 5.48 Å². The molecule has 1 N–H and O–H groups in total. The summed E-state index contributed by atoms with van der Waals surface area (Å²) in [6.45, 7) is 2.62. The van der Waals surface area contributed by atoms with Crippen LogP contribution in [0.4, 0.5) is 0 Å². The molecule has 0 amide bonds. The lowest BCUT2D eigenvalue weighted by molar-refractivity contribution is -0.0105. The predicted octanol–water partition coefficient (Wildman–Crippen LogP) is 0.564. The molecule has 1 aliphatic heterocycles. The maximum absolute atomic E-state index is 5.20. The lowest BCUT2D eigenvalue weighted by atomic mass is 10.0. The Labute approximate surface area is 61.7 Å². The first-order chi connectivity index (χ1) is 4.93. The monoisotopic (exact) mass is 145 g/mol. The maximum atomic E-state index is 5.20. The molecule has 0 aromatic carbocycles. The summed E-state index contributed by atoms with van der Waals surface area (Å²) in [4.78, 5) is 5.07. The van der Waals surface area contributed by atoms with E-state index in [0.717, 1.165) is 32.7 Å². The van der Waals surface area contributed by atoms with Crippen molar-refractivity contribution >= 4 is 0 Å². The minimum atomic E-state index is 0.696. The molecule has 0 aliphatic carbocycles. The Bertz CT molecular complexity index is 81.7. The normalized spacial score (nSPS) is 21.3. The number of nitrogens with one attached hydrogen (secondary N) is 1. The molecular formula is C7H15NO2. The number of hydrogen-bond donors (Lipinski definition) is 1. The van der Waals surface area contributed by atoms with E-state index in [1.165, 1.54) is 0 Å². The molecule has 1 rings (SSSR count). The summed E-state index contributed by atoms with van der Waals surface area (Å²) >= 11 is 0. The van der Waals surface area contributed by atoms with E-state index in [4.69, 9.17) is 9.57 Å². The smallest absolute Gasteiger partial charge is 0.0711 e. The fourth-order valence-electron chi connectivity index (χ4n) is 1.11. The second kappa shape index (κ2) is 4.66. The lowest BCUT2D eigenvalue weighted by Gasteiger charge is -2.20. The van der Waals surface area contributed by atoms with Crippen LogP contribution >= 0.6 is 0 Å². The highest BCUT2D eigenvalue weighted by molar-refractivity contribution is 4.61. The number of hydrogen-bond acceptors (Lipinski definition) is 3. The van der Waals surface area contributed by atoms with Gasteiger partial charge in [0.05, 0.1) is 6.61 Å². The molecule has 3 nitrogen and oxygen atoms in total. The molecule has 0 aromatic heterocycles. The molecule has 60 valence electrons. The molecule has 3 heteroatoms. The van der Waals surface area contributed by atoms with Gasteiger partial charge in [-0.3, -0.25) is 0 Å². The molecule has 1 aliphatic rings. The highest BCUT2D eigenvalue weighted by Gasteiger charge is 2.12. The molecule has 1 saturated heterocycles. The summed E-state index contributed by atoms with van der Waals surface area (Å²) in [7, 11) is 1.79. The Morgan fingerprint density at radius 1 is 1.50 bits per heavy atom. The van der Waals surface area contributed by atoms with Crippen molar-refractivity contribution in [2.75, 3.05) is 26.9 Å². The molecule has 10 heavy (non-hydrogen) atoms. The average Bonchev–Trinajstić information content (AvgIpc) is 2.03. The second-order valence-electron chi connectivity index (χ2n) is 2.57. The van der Waals surface area contributed by atoms with Gasteiger partial charge in [0.15, 0.2) is 0 Å². The standard InChI is InChI=1S/C7H15NO2/c1-8-10-6-7-2-4-9-5-3-7/h7-8H,2-6H2,1H3. The molecule has 0 unspecified atom stereocenters. The summed E-state index contributed by atoms with van der Waals surface area (Å²) in [5.74, 6) is 0.696. The van der Waals surface area contributed by atoms with Crippen LogP contribution in [-0.4, -0.2) is 26.9 Å². The summed E-state index contributed by atoms with van der Waals surface area (Å²) in [6, 6.07) is 0. The third-order valence-corrected chi connectivity index (χ3v) is 1.80. The van der Waals surface area contributed by atoms with Gasteiger partial charge in [0, 0.05) is 20.3 Å². The second-order valence-corrected chi connectivity index (χ2v) is 2.57. The van der Waals surface area contributed by atoms with Crippen molar-refractivity contribution in [3.8, 4) is 0 Å². The van der Waals surface area contributed by atoms with Crippen molar-refractivity contribution in [1.82, 2.24) is 5.48 Å². The van der Waals surface area contributed by atoms with Crippen molar-refractivity contribution < 1.29 is 9.57 Å². The zero-order valence-electron chi connectivity index (χ0n) is 6.43. The summed E-state index contributed by atoms with van der Waals surface area (Å²) < 4.78 is 5.20. The van der Waals surface area contributed by atoms with Gasteiger partial charge >= 0.3 is 0 Å². The Balaban J connectivity index is 2.02. The number of rotatable bonds is 3. The zero-order valence-corrected chi connectivity index (χ0v) is 6.43. The SMILES string of the molecule is CNOCC1CCOCC1. The molecule has 0 aromatic rings. The topological polar surface area (TPSA) is 30.5 Å². The van der Waals surface area contributed by atoms with Crippen molar-refractivity contribution in [3.05, 3.63) is 0 Å².